The summed E-state index contributed by atoms with van der Waals surface area (Å²) in [6.45, 7) is 7.96. The van der Waals surface area contributed by atoms with Crippen LogP contribution in [0.3, 0.4) is 0 Å². The van der Waals surface area contributed by atoms with E-state index in [1.54, 1.807) is 0 Å². The third-order valence-electron chi connectivity index (χ3n) is 3.44. The SMILES string of the molecule is CCN(CC1CCC1)C(=O)[C@@H](N)CC(C)C. The Morgan fingerprint density at radius 3 is 2.44 bits per heavy atom. The van der Waals surface area contributed by atoms with E-state index in [0.717, 1.165) is 25.4 Å². The molecule has 1 aliphatic rings. The lowest BCUT2D eigenvalue weighted by atomic mass is 9.85. The summed E-state index contributed by atoms with van der Waals surface area (Å²) in [5, 5.41) is 0. The fourth-order valence-electron chi connectivity index (χ4n) is 2.21. The normalized spacial score (nSPS) is 18.3. The quantitative estimate of drug-likeness (QED) is 0.753. The van der Waals surface area contributed by atoms with Crippen molar-refractivity contribution >= 4 is 5.91 Å². The smallest absolute Gasteiger partial charge is 0.239 e. The fraction of sp³-hybridized carbons (Fsp3) is 0.923. The molecule has 0 aliphatic heterocycles. The van der Waals surface area contributed by atoms with Gasteiger partial charge in [0.1, 0.15) is 0 Å². The minimum absolute atomic E-state index is 0.142. The molecular weight excluding hydrogens is 200 g/mol. The Balaban J connectivity index is 2.40. The molecular formula is C13H26N2O. The summed E-state index contributed by atoms with van der Waals surface area (Å²) < 4.78 is 0. The van der Waals surface area contributed by atoms with E-state index >= 15 is 0 Å². The van der Waals surface area contributed by atoms with Gasteiger partial charge in [-0.1, -0.05) is 20.3 Å². The number of likely N-dealkylation sites (N-methyl/N-ethyl adjacent to an activating group) is 1. The van der Waals surface area contributed by atoms with Crippen LogP contribution in [0.4, 0.5) is 0 Å². The van der Waals surface area contributed by atoms with Crippen LogP contribution >= 0.6 is 0 Å². The first-order valence-electron chi connectivity index (χ1n) is 6.59. The summed E-state index contributed by atoms with van der Waals surface area (Å²) in [7, 11) is 0. The maximum absolute atomic E-state index is 12.1. The van der Waals surface area contributed by atoms with Crippen LogP contribution < -0.4 is 5.73 Å². The van der Waals surface area contributed by atoms with Crippen molar-refractivity contribution in [3.05, 3.63) is 0 Å². The number of hydrogen-bond acceptors (Lipinski definition) is 2. The zero-order valence-electron chi connectivity index (χ0n) is 10.9. The Hall–Kier alpha value is -0.570. The maximum atomic E-state index is 12.1. The predicted molar refractivity (Wildman–Crippen MR) is 67.0 cm³/mol. The Kier molecular flexibility index (Phi) is 5.26. The van der Waals surface area contributed by atoms with E-state index in [1.807, 2.05) is 11.8 Å². The van der Waals surface area contributed by atoms with E-state index in [-0.39, 0.29) is 11.9 Å². The molecule has 0 saturated heterocycles. The highest BCUT2D eigenvalue weighted by Crippen LogP contribution is 2.27. The van der Waals surface area contributed by atoms with Crippen LogP contribution in [0.15, 0.2) is 0 Å². The summed E-state index contributed by atoms with van der Waals surface area (Å²) in [6, 6.07) is -0.306. The molecule has 1 saturated carbocycles. The Morgan fingerprint density at radius 2 is 2.06 bits per heavy atom. The third kappa shape index (κ3) is 3.78. The molecule has 0 unspecified atom stereocenters. The van der Waals surface area contributed by atoms with Crippen LogP contribution in [-0.2, 0) is 4.79 Å². The molecule has 3 heteroatoms. The van der Waals surface area contributed by atoms with Crippen molar-refractivity contribution in [2.24, 2.45) is 17.6 Å². The molecule has 1 rings (SSSR count). The lowest BCUT2D eigenvalue weighted by Crippen LogP contribution is -2.46. The van der Waals surface area contributed by atoms with Crippen molar-refractivity contribution in [2.75, 3.05) is 13.1 Å². The van der Waals surface area contributed by atoms with E-state index in [0.29, 0.717) is 5.92 Å². The van der Waals surface area contributed by atoms with Crippen LogP contribution in [0.5, 0.6) is 0 Å². The first-order chi connectivity index (χ1) is 7.54. The van der Waals surface area contributed by atoms with Crippen molar-refractivity contribution in [1.29, 1.82) is 0 Å². The summed E-state index contributed by atoms with van der Waals surface area (Å²) in [5.74, 6) is 1.36. The zero-order valence-corrected chi connectivity index (χ0v) is 10.9. The van der Waals surface area contributed by atoms with Crippen molar-refractivity contribution in [3.63, 3.8) is 0 Å². The van der Waals surface area contributed by atoms with E-state index in [2.05, 4.69) is 13.8 Å². The molecule has 94 valence electrons. The molecule has 1 aliphatic carbocycles. The van der Waals surface area contributed by atoms with Gasteiger partial charge < -0.3 is 10.6 Å². The van der Waals surface area contributed by atoms with E-state index < -0.39 is 0 Å². The molecule has 0 radical (unpaired) electrons. The van der Waals surface area contributed by atoms with E-state index in [9.17, 15) is 4.79 Å². The van der Waals surface area contributed by atoms with Crippen LogP contribution in [0.1, 0.15) is 46.5 Å². The highest BCUT2D eigenvalue weighted by Gasteiger charge is 2.25. The van der Waals surface area contributed by atoms with Crippen molar-refractivity contribution in [1.82, 2.24) is 4.90 Å². The van der Waals surface area contributed by atoms with Gasteiger partial charge in [0.2, 0.25) is 5.91 Å². The van der Waals surface area contributed by atoms with Crippen molar-refractivity contribution < 1.29 is 4.79 Å². The number of hydrogen-bond donors (Lipinski definition) is 1. The Morgan fingerprint density at radius 1 is 1.44 bits per heavy atom. The number of nitrogens with zero attached hydrogens (tertiary/aromatic N) is 1. The fourth-order valence-corrected chi connectivity index (χ4v) is 2.21. The average molecular weight is 226 g/mol. The zero-order chi connectivity index (χ0) is 12.1. The topological polar surface area (TPSA) is 46.3 Å². The molecule has 0 spiro atoms. The van der Waals surface area contributed by atoms with Gasteiger partial charge in [0.15, 0.2) is 0 Å². The van der Waals surface area contributed by atoms with Crippen molar-refractivity contribution in [2.45, 2.75) is 52.5 Å². The second-order valence-corrected chi connectivity index (χ2v) is 5.41. The molecule has 0 heterocycles. The predicted octanol–water partition coefficient (Wildman–Crippen LogP) is 2.01. The van der Waals surface area contributed by atoms with E-state index in [1.165, 1.54) is 19.3 Å². The lowest BCUT2D eigenvalue weighted by Gasteiger charge is -2.33. The van der Waals surface area contributed by atoms with Gasteiger partial charge in [-0.25, -0.2) is 0 Å². The first-order valence-corrected chi connectivity index (χ1v) is 6.59. The molecule has 16 heavy (non-hydrogen) atoms. The molecule has 0 aromatic heterocycles. The largest absolute Gasteiger partial charge is 0.341 e. The molecule has 1 amide bonds. The summed E-state index contributed by atoms with van der Waals surface area (Å²) in [6.07, 6.45) is 4.68. The minimum Gasteiger partial charge on any atom is -0.341 e. The highest BCUT2D eigenvalue weighted by molar-refractivity contribution is 5.81. The molecule has 1 fully saturated rings. The standard InChI is InChI=1S/C13H26N2O/c1-4-15(9-11-6-5-7-11)13(16)12(14)8-10(2)3/h10-12H,4-9,14H2,1-3H3/t12-/m0/s1. The molecule has 2 N–H and O–H groups in total. The van der Waals surface area contributed by atoms with Gasteiger partial charge in [-0.05, 0) is 38.0 Å². The second kappa shape index (κ2) is 6.24. The Bertz CT molecular complexity index is 224. The van der Waals surface area contributed by atoms with Crippen LogP contribution in [0.2, 0.25) is 0 Å². The van der Waals surface area contributed by atoms with Gasteiger partial charge in [-0.15, -0.1) is 0 Å². The monoisotopic (exact) mass is 226 g/mol. The van der Waals surface area contributed by atoms with Gasteiger partial charge in [0, 0.05) is 13.1 Å². The number of carbonyl (C=O) groups is 1. The Labute approximate surface area is 99.4 Å². The molecule has 0 aromatic carbocycles. The van der Waals surface area contributed by atoms with Crippen LogP contribution in [0.25, 0.3) is 0 Å². The third-order valence-corrected chi connectivity index (χ3v) is 3.44. The van der Waals surface area contributed by atoms with Gasteiger partial charge >= 0.3 is 0 Å². The molecule has 1 atom stereocenters. The van der Waals surface area contributed by atoms with Gasteiger partial charge in [-0.2, -0.15) is 0 Å². The first kappa shape index (κ1) is 13.5. The van der Waals surface area contributed by atoms with Crippen molar-refractivity contribution in [3.8, 4) is 0 Å². The number of rotatable bonds is 6. The van der Waals surface area contributed by atoms with Crippen LogP contribution in [-0.4, -0.2) is 29.9 Å². The number of amides is 1. The highest BCUT2D eigenvalue weighted by atomic mass is 16.2. The summed E-state index contributed by atoms with van der Waals surface area (Å²) in [5.41, 5.74) is 5.94. The van der Waals surface area contributed by atoms with E-state index in [4.69, 9.17) is 5.73 Å². The second-order valence-electron chi connectivity index (χ2n) is 5.41. The molecule has 0 aromatic rings. The summed E-state index contributed by atoms with van der Waals surface area (Å²) >= 11 is 0. The van der Waals surface area contributed by atoms with Crippen LogP contribution in [0, 0.1) is 11.8 Å². The number of nitrogens with two attached hydrogens (primary N) is 1. The van der Waals surface area contributed by atoms with Gasteiger partial charge in [-0.3, -0.25) is 4.79 Å². The van der Waals surface area contributed by atoms with Gasteiger partial charge in [0.05, 0.1) is 6.04 Å². The molecule has 3 nitrogen and oxygen atoms in total. The van der Waals surface area contributed by atoms with Gasteiger partial charge in [0.25, 0.3) is 0 Å². The maximum Gasteiger partial charge on any atom is 0.239 e. The number of carbonyl (C=O) groups excluding carboxylic acids is 1. The average Bonchev–Trinajstić information content (AvgIpc) is 2.14. The lowest BCUT2D eigenvalue weighted by molar-refractivity contribution is -0.133. The summed E-state index contributed by atoms with van der Waals surface area (Å²) in [4.78, 5) is 14.0. The molecule has 0 bridgehead atoms. The minimum atomic E-state index is -0.306.